The van der Waals surface area contributed by atoms with E-state index in [1.165, 1.54) is 18.1 Å². The topological polar surface area (TPSA) is 66.8 Å². The molecule has 5 nitrogen and oxygen atoms in total. The summed E-state index contributed by atoms with van der Waals surface area (Å²) in [5.74, 6) is -0.263. The molecule has 1 heterocycles. The lowest BCUT2D eigenvalue weighted by molar-refractivity contribution is -0.124. The summed E-state index contributed by atoms with van der Waals surface area (Å²) in [6, 6.07) is 2.92. The maximum absolute atomic E-state index is 12.3. The van der Waals surface area contributed by atoms with Crippen molar-refractivity contribution < 1.29 is 19.4 Å². The third-order valence-electron chi connectivity index (χ3n) is 3.42. The first-order valence-electron chi connectivity index (χ1n) is 6.72. The Hall–Kier alpha value is -1.66. The Labute approximate surface area is 137 Å². The molecule has 1 aliphatic heterocycles. The Morgan fingerprint density at radius 3 is 2.73 bits per heavy atom. The van der Waals surface area contributed by atoms with Crippen molar-refractivity contribution in [2.75, 3.05) is 7.11 Å². The summed E-state index contributed by atoms with van der Waals surface area (Å²) < 4.78 is 5.02. The second kappa shape index (κ2) is 6.62. The molecule has 0 aliphatic carbocycles. The third-order valence-corrected chi connectivity index (χ3v) is 4.60. The van der Waals surface area contributed by atoms with Gasteiger partial charge in [-0.2, -0.15) is 0 Å². The molecule has 2 rings (SSSR count). The number of halogens is 1. The van der Waals surface area contributed by atoms with Crippen molar-refractivity contribution in [1.29, 1.82) is 0 Å². The van der Waals surface area contributed by atoms with E-state index < -0.39 is 0 Å². The zero-order valence-corrected chi connectivity index (χ0v) is 14.0. The minimum Gasteiger partial charge on any atom is -0.503 e. The Balaban J connectivity index is 2.37. The van der Waals surface area contributed by atoms with Gasteiger partial charge in [0.15, 0.2) is 11.5 Å². The van der Waals surface area contributed by atoms with Crippen LogP contribution in [0.25, 0.3) is 6.08 Å². The van der Waals surface area contributed by atoms with Gasteiger partial charge in [-0.1, -0.05) is 18.5 Å². The van der Waals surface area contributed by atoms with Gasteiger partial charge in [0.2, 0.25) is 0 Å². The lowest BCUT2D eigenvalue weighted by Crippen LogP contribution is -2.36. The smallest absolute Gasteiger partial charge is 0.293 e. The van der Waals surface area contributed by atoms with E-state index in [0.29, 0.717) is 16.9 Å². The van der Waals surface area contributed by atoms with Crippen molar-refractivity contribution in [3.63, 3.8) is 0 Å². The van der Waals surface area contributed by atoms with Gasteiger partial charge >= 0.3 is 0 Å². The molecule has 7 heteroatoms. The molecule has 0 spiro atoms. The van der Waals surface area contributed by atoms with Crippen molar-refractivity contribution in [3.05, 3.63) is 27.6 Å². The lowest BCUT2D eigenvalue weighted by Gasteiger charge is -2.19. The van der Waals surface area contributed by atoms with Crippen molar-refractivity contribution in [2.45, 2.75) is 26.3 Å². The number of hydrogen-bond acceptors (Lipinski definition) is 5. The summed E-state index contributed by atoms with van der Waals surface area (Å²) >= 11 is 6.82. The average molecular weight is 342 g/mol. The highest BCUT2D eigenvalue weighted by molar-refractivity contribution is 8.18. The number of benzene rings is 1. The van der Waals surface area contributed by atoms with Crippen LogP contribution in [-0.4, -0.2) is 34.3 Å². The minimum atomic E-state index is -0.312. The number of ether oxygens (including phenoxy) is 1. The quantitative estimate of drug-likeness (QED) is 0.841. The van der Waals surface area contributed by atoms with Crippen LogP contribution in [0.3, 0.4) is 0 Å². The molecule has 0 unspecified atom stereocenters. The summed E-state index contributed by atoms with van der Waals surface area (Å²) in [4.78, 5) is 25.9. The molecule has 0 radical (unpaired) electrons. The molecular weight excluding hydrogens is 326 g/mol. The zero-order valence-electron chi connectivity index (χ0n) is 12.4. The number of aromatic hydroxyl groups is 1. The molecule has 22 heavy (non-hydrogen) atoms. The largest absolute Gasteiger partial charge is 0.503 e. The van der Waals surface area contributed by atoms with Crippen LogP contribution in [0.15, 0.2) is 17.0 Å². The van der Waals surface area contributed by atoms with Gasteiger partial charge in [-0.25, -0.2) is 0 Å². The summed E-state index contributed by atoms with van der Waals surface area (Å²) in [6.07, 6.45) is 2.27. The fourth-order valence-corrected chi connectivity index (χ4v) is 3.18. The molecule has 0 aromatic heterocycles. The molecule has 1 saturated heterocycles. The van der Waals surface area contributed by atoms with Crippen molar-refractivity contribution in [1.82, 2.24) is 4.90 Å². The molecule has 1 N–H and O–H groups in total. The van der Waals surface area contributed by atoms with Crippen LogP contribution in [0.4, 0.5) is 4.79 Å². The first-order valence-corrected chi connectivity index (χ1v) is 7.92. The molecular formula is C15H16ClNO4S. The molecule has 0 bridgehead atoms. The van der Waals surface area contributed by atoms with Gasteiger partial charge < -0.3 is 9.84 Å². The van der Waals surface area contributed by atoms with Gasteiger partial charge in [-0.15, -0.1) is 0 Å². The maximum atomic E-state index is 12.3. The van der Waals surface area contributed by atoms with Crippen LogP contribution >= 0.6 is 23.4 Å². The van der Waals surface area contributed by atoms with Crippen LogP contribution in [0.2, 0.25) is 5.02 Å². The van der Waals surface area contributed by atoms with Crippen LogP contribution in [0.1, 0.15) is 25.8 Å². The summed E-state index contributed by atoms with van der Waals surface area (Å²) in [5.41, 5.74) is 0.578. The molecule has 118 valence electrons. The Morgan fingerprint density at radius 2 is 2.14 bits per heavy atom. The van der Waals surface area contributed by atoms with Gasteiger partial charge in [-0.05, 0) is 48.9 Å². The van der Waals surface area contributed by atoms with E-state index in [1.54, 1.807) is 12.1 Å². The number of nitrogens with zero attached hydrogens (tertiary/aromatic N) is 1. The molecule has 2 amide bonds. The van der Waals surface area contributed by atoms with Gasteiger partial charge in [-0.3, -0.25) is 14.5 Å². The number of hydrogen-bond donors (Lipinski definition) is 1. The Morgan fingerprint density at radius 1 is 1.45 bits per heavy atom. The van der Waals surface area contributed by atoms with Crippen LogP contribution in [0, 0.1) is 0 Å². The number of rotatable bonds is 4. The monoisotopic (exact) mass is 341 g/mol. The minimum absolute atomic E-state index is 0.117. The van der Waals surface area contributed by atoms with E-state index in [1.807, 2.05) is 13.8 Å². The van der Waals surface area contributed by atoms with Crippen LogP contribution in [-0.2, 0) is 4.79 Å². The number of imide groups is 1. The second-order valence-corrected chi connectivity index (χ2v) is 6.26. The number of phenols is 1. The number of phenolic OH excluding ortho intramolecular Hbond substituents is 1. The normalized spacial score (nSPS) is 18.2. The van der Waals surface area contributed by atoms with Gasteiger partial charge in [0, 0.05) is 6.04 Å². The predicted molar refractivity (Wildman–Crippen MR) is 87.2 cm³/mol. The lowest BCUT2D eigenvalue weighted by atomic mass is 10.1. The standard InChI is InChI=1S/C15H16ClNO4S/c1-4-8(2)17-14(19)12(22-15(17)20)7-9-5-10(16)13(18)11(6-9)21-3/h5-8,18H,4H2,1-3H3/b12-7+/t8-/m1/s1. The molecule has 1 aromatic rings. The summed E-state index contributed by atoms with van der Waals surface area (Å²) in [5, 5.41) is 9.55. The highest BCUT2D eigenvalue weighted by atomic mass is 35.5. The molecule has 0 saturated carbocycles. The number of amides is 2. The third kappa shape index (κ3) is 3.08. The Bertz CT molecular complexity index is 659. The van der Waals surface area contributed by atoms with Crippen molar-refractivity contribution >= 4 is 40.6 Å². The van der Waals surface area contributed by atoms with E-state index in [2.05, 4.69) is 0 Å². The number of methoxy groups -OCH3 is 1. The van der Waals surface area contributed by atoms with Crippen molar-refractivity contribution in [2.24, 2.45) is 0 Å². The molecule has 1 aromatic carbocycles. The van der Waals surface area contributed by atoms with E-state index in [-0.39, 0.29) is 33.7 Å². The van der Waals surface area contributed by atoms with Crippen molar-refractivity contribution in [3.8, 4) is 11.5 Å². The number of thioether (sulfide) groups is 1. The van der Waals surface area contributed by atoms with Crippen LogP contribution in [0.5, 0.6) is 11.5 Å². The number of carbonyl (C=O) groups excluding carboxylic acids is 2. The van der Waals surface area contributed by atoms with E-state index in [9.17, 15) is 14.7 Å². The maximum Gasteiger partial charge on any atom is 0.293 e. The van der Waals surface area contributed by atoms with E-state index in [0.717, 1.165) is 11.8 Å². The fourth-order valence-electron chi connectivity index (χ4n) is 2.03. The van der Waals surface area contributed by atoms with Gasteiger partial charge in [0.05, 0.1) is 17.0 Å². The SMILES string of the molecule is CC[C@@H](C)N1C(=O)S/C(=C/c2cc(Cl)c(O)c(OC)c2)C1=O. The Kier molecular flexibility index (Phi) is 5.03. The molecule has 1 fully saturated rings. The molecule has 1 aliphatic rings. The predicted octanol–water partition coefficient (Wildman–Crippen LogP) is 3.89. The summed E-state index contributed by atoms with van der Waals surface area (Å²) in [6.45, 7) is 3.75. The average Bonchev–Trinajstić information content (AvgIpc) is 2.76. The van der Waals surface area contributed by atoms with E-state index >= 15 is 0 Å². The second-order valence-electron chi connectivity index (χ2n) is 4.86. The summed E-state index contributed by atoms with van der Waals surface area (Å²) in [7, 11) is 1.41. The van der Waals surface area contributed by atoms with Gasteiger partial charge in [0.1, 0.15) is 0 Å². The highest BCUT2D eigenvalue weighted by Gasteiger charge is 2.37. The zero-order chi connectivity index (χ0) is 16.4. The molecule has 1 atom stereocenters. The number of carbonyl (C=O) groups is 2. The van der Waals surface area contributed by atoms with E-state index in [4.69, 9.17) is 16.3 Å². The first kappa shape index (κ1) is 16.7. The van der Waals surface area contributed by atoms with Gasteiger partial charge in [0.25, 0.3) is 11.1 Å². The fraction of sp³-hybridized carbons (Fsp3) is 0.333. The highest BCUT2D eigenvalue weighted by Crippen LogP contribution is 2.38. The first-order chi connectivity index (χ1) is 10.4. The van der Waals surface area contributed by atoms with Crippen LogP contribution < -0.4 is 4.74 Å².